The highest BCUT2D eigenvalue weighted by atomic mass is 16.5. The molecular weight excluding hydrogens is 206 g/mol. The van der Waals surface area contributed by atoms with Gasteiger partial charge in [-0.25, -0.2) is 0 Å². The summed E-state index contributed by atoms with van der Waals surface area (Å²) in [4.78, 5) is 0. The van der Waals surface area contributed by atoms with Crippen LogP contribution in [0.5, 0.6) is 0 Å². The Labute approximate surface area is 94.2 Å². The van der Waals surface area contributed by atoms with Gasteiger partial charge in [0.25, 0.3) is 0 Å². The van der Waals surface area contributed by atoms with E-state index in [0.29, 0.717) is 19.8 Å². The van der Waals surface area contributed by atoms with Gasteiger partial charge in [0.15, 0.2) is 0 Å². The first-order chi connectivity index (χ1) is 7.90. The van der Waals surface area contributed by atoms with E-state index in [0.717, 1.165) is 17.1 Å². The second kappa shape index (κ2) is 5.53. The second-order valence-corrected chi connectivity index (χ2v) is 3.47. The molecule has 0 aromatic carbocycles. The molecule has 86 valence electrons. The predicted octanol–water partition coefficient (Wildman–Crippen LogP) is 2.31. The molecule has 0 radical (unpaired) electrons. The van der Waals surface area contributed by atoms with Crippen LogP contribution in [0.3, 0.4) is 0 Å². The van der Waals surface area contributed by atoms with E-state index in [1.165, 1.54) is 0 Å². The lowest BCUT2D eigenvalue weighted by atomic mass is 10.2. The summed E-state index contributed by atoms with van der Waals surface area (Å²) in [7, 11) is 1.88. The van der Waals surface area contributed by atoms with Gasteiger partial charge < -0.3 is 18.9 Å². The van der Waals surface area contributed by atoms with Crippen LogP contribution in [0.4, 0.5) is 0 Å². The molecule has 0 saturated heterocycles. The fraction of sp³-hybridized carbons (Fsp3) is 0.333. The quantitative estimate of drug-likeness (QED) is 0.813. The number of furan rings is 2. The maximum atomic E-state index is 5.53. The van der Waals surface area contributed by atoms with Crippen LogP contribution in [0.2, 0.25) is 0 Å². The first kappa shape index (κ1) is 11.0. The summed E-state index contributed by atoms with van der Waals surface area (Å²) in [6, 6.07) is 5.67. The molecule has 2 aromatic rings. The lowest BCUT2D eigenvalue weighted by Crippen LogP contribution is -2.06. The Balaban J connectivity index is 1.82. The normalized spacial score (nSPS) is 10.8. The Bertz CT molecular complexity index is 406. The maximum Gasteiger partial charge on any atom is 0.129 e. The molecular formula is C12H15NO3. The van der Waals surface area contributed by atoms with Crippen molar-refractivity contribution in [2.75, 3.05) is 7.05 Å². The van der Waals surface area contributed by atoms with Crippen molar-refractivity contribution in [2.45, 2.75) is 19.8 Å². The Hall–Kier alpha value is -1.52. The summed E-state index contributed by atoms with van der Waals surface area (Å²) >= 11 is 0. The largest absolute Gasteiger partial charge is 0.468 e. The van der Waals surface area contributed by atoms with Crippen molar-refractivity contribution in [1.29, 1.82) is 0 Å². The molecule has 0 aliphatic carbocycles. The Morgan fingerprint density at radius 2 is 2.12 bits per heavy atom. The minimum absolute atomic E-state index is 0.483. The van der Waals surface area contributed by atoms with Crippen LogP contribution in [0.25, 0.3) is 0 Å². The van der Waals surface area contributed by atoms with Crippen molar-refractivity contribution >= 4 is 0 Å². The van der Waals surface area contributed by atoms with E-state index in [4.69, 9.17) is 13.6 Å². The molecule has 0 saturated carbocycles. The monoisotopic (exact) mass is 221 g/mol. The van der Waals surface area contributed by atoms with Gasteiger partial charge in [-0.2, -0.15) is 0 Å². The molecule has 4 heteroatoms. The topological polar surface area (TPSA) is 47.5 Å². The van der Waals surface area contributed by atoms with Gasteiger partial charge in [-0.05, 0) is 25.2 Å². The smallest absolute Gasteiger partial charge is 0.129 e. The van der Waals surface area contributed by atoms with Gasteiger partial charge in [-0.1, -0.05) is 0 Å². The summed E-state index contributed by atoms with van der Waals surface area (Å²) in [5.41, 5.74) is 1.07. The van der Waals surface area contributed by atoms with Crippen molar-refractivity contribution < 1.29 is 13.6 Å². The number of nitrogens with one attached hydrogen (secondary N) is 1. The van der Waals surface area contributed by atoms with E-state index < -0.39 is 0 Å². The molecule has 2 rings (SSSR count). The van der Waals surface area contributed by atoms with Crippen LogP contribution in [-0.4, -0.2) is 7.05 Å². The zero-order chi connectivity index (χ0) is 11.2. The Kier molecular flexibility index (Phi) is 3.80. The van der Waals surface area contributed by atoms with Crippen molar-refractivity contribution in [3.63, 3.8) is 0 Å². The molecule has 0 spiro atoms. The highest BCUT2D eigenvalue weighted by molar-refractivity contribution is 5.15. The third kappa shape index (κ3) is 2.74. The molecule has 2 heterocycles. The summed E-state index contributed by atoms with van der Waals surface area (Å²) in [5.74, 6) is 1.75. The molecule has 4 nitrogen and oxygen atoms in total. The summed E-state index contributed by atoms with van der Waals surface area (Å²) in [5, 5.41) is 3.05. The summed E-state index contributed by atoms with van der Waals surface area (Å²) < 4.78 is 16.0. The molecule has 0 atom stereocenters. The van der Waals surface area contributed by atoms with E-state index in [9.17, 15) is 0 Å². The Morgan fingerprint density at radius 1 is 1.19 bits per heavy atom. The van der Waals surface area contributed by atoms with Crippen LogP contribution >= 0.6 is 0 Å². The van der Waals surface area contributed by atoms with Gasteiger partial charge in [-0.3, -0.25) is 0 Å². The van der Waals surface area contributed by atoms with Crippen LogP contribution in [-0.2, 0) is 24.5 Å². The molecule has 0 aliphatic heterocycles. The molecule has 16 heavy (non-hydrogen) atoms. The van der Waals surface area contributed by atoms with Gasteiger partial charge in [-0.15, -0.1) is 0 Å². The van der Waals surface area contributed by atoms with Gasteiger partial charge in [0.1, 0.15) is 18.1 Å². The third-order valence-electron chi connectivity index (χ3n) is 2.26. The molecule has 0 aliphatic rings. The second-order valence-electron chi connectivity index (χ2n) is 3.47. The van der Waals surface area contributed by atoms with Crippen LogP contribution in [0.15, 0.2) is 39.6 Å². The molecule has 0 amide bonds. The Morgan fingerprint density at radius 3 is 2.88 bits per heavy atom. The van der Waals surface area contributed by atoms with Gasteiger partial charge in [0.05, 0.1) is 25.7 Å². The van der Waals surface area contributed by atoms with Crippen LogP contribution in [0, 0.1) is 0 Å². The number of hydrogen-bond donors (Lipinski definition) is 1. The zero-order valence-corrected chi connectivity index (χ0v) is 9.23. The molecule has 0 unspecified atom stereocenters. The van der Waals surface area contributed by atoms with E-state index in [2.05, 4.69) is 5.32 Å². The lowest BCUT2D eigenvalue weighted by molar-refractivity contribution is 0.0918. The molecule has 0 fully saturated rings. The highest BCUT2D eigenvalue weighted by Gasteiger charge is 2.05. The predicted molar refractivity (Wildman–Crippen MR) is 58.7 cm³/mol. The van der Waals surface area contributed by atoms with Gasteiger partial charge in [0.2, 0.25) is 0 Å². The first-order valence-electron chi connectivity index (χ1n) is 5.20. The molecule has 0 bridgehead atoms. The number of rotatable bonds is 6. The fourth-order valence-electron chi connectivity index (χ4n) is 1.47. The number of ether oxygens (including phenoxy) is 1. The SMILES string of the molecule is CNCc1occc1COCc1ccco1. The van der Waals surface area contributed by atoms with Crippen molar-refractivity contribution in [2.24, 2.45) is 0 Å². The molecule has 1 N–H and O–H groups in total. The lowest BCUT2D eigenvalue weighted by Gasteiger charge is -2.02. The van der Waals surface area contributed by atoms with Gasteiger partial charge >= 0.3 is 0 Å². The summed E-state index contributed by atoms with van der Waals surface area (Å²) in [6.07, 6.45) is 3.32. The van der Waals surface area contributed by atoms with E-state index in [1.54, 1.807) is 12.5 Å². The third-order valence-corrected chi connectivity index (χ3v) is 2.26. The average molecular weight is 221 g/mol. The highest BCUT2D eigenvalue weighted by Crippen LogP contribution is 2.12. The van der Waals surface area contributed by atoms with Crippen molar-refractivity contribution in [3.8, 4) is 0 Å². The van der Waals surface area contributed by atoms with Gasteiger partial charge in [0, 0.05) is 5.56 Å². The van der Waals surface area contributed by atoms with E-state index >= 15 is 0 Å². The zero-order valence-electron chi connectivity index (χ0n) is 9.23. The first-order valence-corrected chi connectivity index (χ1v) is 5.20. The minimum Gasteiger partial charge on any atom is -0.468 e. The number of hydrogen-bond acceptors (Lipinski definition) is 4. The van der Waals surface area contributed by atoms with Crippen molar-refractivity contribution in [1.82, 2.24) is 5.32 Å². The van der Waals surface area contributed by atoms with E-state index in [1.807, 2.05) is 25.2 Å². The fourth-order valence-corrected chi connectivity index (χ4v) is 1.47. The van der Waals surface area contributed by atoms with Crippen LogP contribution < -0.4 is 5.32 Å². The van der Waals surface area contributed by atoms with Crippen LogP contribution in [0.1, 0.15) is 17.1 Å². The maximum absolute atomic E-state index is 5.53. The van der Waals surface area contributed by atoms with E-state index in [-0.39, 0.29) is 0 Å². The van der Waals surface area contributed by atoms with Crippen molar-refractivity contribution in [3.05, 3.63) is 47.8 Å². The minimum atomic E-state index is 0.483. The summed E-state index contributed by atoms with van der Waals surface area (Å²) in [6.45, 7) is 1.73. The molecule has 2 aromatic heterocycles. The average Bonchev–Trinajstić information content (AvgIpc) is 2.91. The standard InChI is InChI=1S/C12H15NO3/c1-13-7-12-10(4-6-16-12)8-14-9-11-3-2-5-15-11/h2-6,13H,7-9H2,1H3.